The van der Waals surface area contributed by atoms with Gasteiger partial charge in [-0.15, -0.1) is 0 Å². The van der Waals surface area contributed by atoms with E-state index in [1.165, 1.54) is 11.8 Å². The third-order valence-corrected chi connectivity index (χ3v) is 6.28. The van der Waals surface area contributed by atoms with Gasteiger partial charge >= 0.3 is 0 Å². The summed E-state index contributed by atoms with van der Waals surface area (Å²) >= 11 is 1.25. The Morgan fingerprint density at radius 1 is 0.938 bits per heavy atom. The van der Waals surface area contributed by atoms with Crippen molar-refractivity contribution in [2.45, 2.75) is 12.5 Å². The Balaban J connectivity index is 1.49. The Morgan fingerprint density at radius 2 is 1.66 bits per heavy atom. The zero-order chi connectivity index (χ0) is 22.1. The molecule has 1 atom stereocenters. The number of hydrogen-bond acceptors (Lipinski definition) is 6. The number of hydrogen-bond donors (Lipinski definition) is 2. The maximum atomic E-state index is 12.6. The minimum Gasteiger partial charge on any atom is -0.508 e. The molecule has 158 valence electrons. The lowest BCUT2D eigenvalue weighted by Crippen LogP contribution is -2.23. The minimum atomic E-state index is -0.336. The molecule has 0 aromatic heterocycles. The quantitative estimate of drug-likeness (QED) is 0.564. The number of carbonyl (C=O) groups excluding carboxylic acids is 1. The fourth-order valence-electron chi connectivity index (χ4n) is 3.72. The maximum absolute atomic E-state index is 12.6. The van der Waals surface area contributed by atoms with Crippen molar-refractivity contribution in [2.24, 2.45) is 10.1 Å². The highest BCUT2D eigenvalue weighted by molar-refractivity contribution is 8.18. The van der Waals surface area contributed by atoms with Crippen molar-refractivity contribution in [1.82, 2.24) is 5.01 Å². The largest absolute Gasteiger partial charge is 0.508 e. The first-order chi connectivity index (χ1) is 15.6. The van der Waals surface area contributed by atoms with Crippen LogP contribution in [0.2, 0.25) is 0 Å². The van der Waals surface area contributed by atoms with Crippen LogP contribution in [0.5, 0.6) is 11.5 Å². The number of aliphatic imine (C=N–C) groups is 1. The van der Waals surface area contributed by atoms with E-state index in [0.717, 1.165) is 22.4 Å². The van der Waals surface area contributed by atoms with Crippen molar-refractivity contribution >= 4 is 34.6 Å². The summed E-state index contributed by atoms with van der Waals surface area (Å²) in [6, 6.07) is 23.4. The number of amides is 1. The van der Waals surface area contributed by atoms with Crippen molar-refractivity contribution in [2.75, 3.05) is 0 Å². The van der Waals surface area contributed by atoms with Crippen molar-refractivity contribution in [3.05, 3.63) is 100 Å². The highest BCUT2D eigenvalue weighted by atomic mass is 32.2. The molecule has 0 fully saturated rings. The van der Waals surface area contributed by atoms with Crippen LogP contribution in [0.15, 0.2) is 93.9 Å². The van der Waals surface area contributed by atoms with Gasteiger partial charge in [-0.1, -0.05) is 60.7 Å². The average molecular weight is 442 g/mol. The summed E-state index contributed by atoms with van der Waals surface area (Å²) in [7, 11) is 0. The van der Waals surface area contributed by atoms with Crippen LogP contribution in [-0.4, -0.2) is 32.0 Å². The van der Waals surface area contributed by atoms with Gasteiger partial charge in [0.15, 0.2) is 5.17 Å². The Labute approximate surface area is 189 Å². The fourth-order valence-corrected chi connectivity index (χ4v) is 4.64. The number of phenols is 2. The lowest BCUT2D eigenvalue weighted by molar-refractivity contribution is -0.113. The van der Waals surface area contributed by atoms with E-state index in [2.05, 4.69) is 4.99 Å². The number of phenolic OH excluding ortho intramolecular Hbond substituents is 2. The lowest BCUT2D eigenvalue weighted by atomic mass is 9.98. The second kappa shape index (κ2) is 8.36. The molecule has 0 spiro atoms. The number of benzene rings is 3. The molecular weight excluding hydrogens is 422 g/mol. The third-order valence-electron chi connectivity index (χ3n) is 5.31. The molecule has 5 rings (SSSR count). The summed E-state index contributed by atoms with van der Waals surface area (Å²) in [6.07, 6.45) is 2.32. The molecule has 7 heteroatoms. The number of aromatic hydroxyl groups is 2. The summed E-state index contributed by atoms with van der Waals surface area (Å²) in [4.78, 5) is 17.4. The van der Waals surface area contributed by atoms with E-state index in [9.17, 15) is 15.0 Å². The Morgan fingerprint density at radius 3 is 2.41 bits per heavy atom. The van der Waals surface area contributed by atoms with Crippen molar-refractivity contribution in [3.63, 3.8) is 0 Å². The smallest absolute Gasteiger partial charge is 0.286 e. The lowest BCUT2D eigenvalue weighted by Gasteiger charge is -2.23. The van der Waals surface area contributed by atoms with Crippen molar-refractivity contribution < 1.29 is 15.0 Å². The van der Waals surface area contributed by atoms with Crippen LogP contribution < -0.4 is 0 Å². The van der Waals surface area contributed by atoms with Gasteiger partial charge in [-0.3, -0.25) is 4.79 Å². The van der Waals surface area contributed by atoms with Gasteiger partial charge in [-0.2, -0.15) is 10.1 Å². The third kappa shape index (κ3) is 3.90. The van der Waals surface area contributed by atoms with Crippen LogP contribution in [0.3, 0.4) is 0 Å². The number of hydrazone groups is 1. The second-order valence-electron chi connectivity index (χ2n) is 7.44. The molecule has 3 aromatic rings. The van der Waals surface area contributed by atoms with E-state index in [1.54, 1.807) is 47.5 Å². The fraction of sp³-hybridized carbons (Fsp3) is 0.0800. The molecule has 0 aliphatic carbocycles. The summed E-state index contributed by atoms with van der Waals surface area (Å²) < 4.78 is 0. The molecule has 1 unspecified atom stereocenters. The summed E-state index contributed by atoms with van der Waals surface area (Å²) in [5.74, 6) is 0.0131. The second-order valence-corrected chi connectivity index (χ2v) is 8.45. The first-order valence-electron chi connectivity index (χ1n) is 10.1. The van der Waals surface area contributed by atoms with Crippen LogP contribution in [0.25, 0.3) is 6.08 Å². The van der Waals surface area contributed by atoms with Crippen molar-refractivity contribution in [3.8, 4) is 11.5 Å². The molecule has 1 amide bonds. The monoisotopic (exact) mass is 441 g/mol. The summed E-state index contributed by atoms with van der Waals surface area (Å²) in [6.45, 7) is 0. The van der Waals surface area contributed by atoms with Gasteiger partial charge in [0.05, 0.1) is 16.7 Å². The molecule has 3 aromatic carbocycles. The molecule has 2 N–H and O–H groups in total. The molecule has 2 aliphatic rings. The molecule has 2 heterocycles. The van der Waals surface area contributed by atoms with Gasteiger partial charge in [0.25, 0.3) is 5.91 Å². The standard InChI is InChI=1S/C25H19N3O3S/c29-18-12-10-16(11-13-18)14-23-24(31)26-25(32-23)28-21(19-8-4-5-9-22(19)30)15-20(27-28)17-6-2-1-3-7-17/h1-14,21,29-30H,15H2/b23-14-. The van der Waals surface area contributed by atoms with E-state index in [4.69, 9.17) is 5.10 Å². The van der Waals surface area contributed by atoms with Crippen LogP contribution in [0.4, 0.5) is 0 Å². The zero-order valence-corrected chi connectivity index (χ0v) is 17.7. The van der Waals surface area contributed by atoms with Crippen LogP contribution in [-0.2, 0) is 4.79 Å². The van der Waals surface area contributed by atoms with E-state index < -0.39 is 0 Å². The van der Waals surface area contributed by atoms with Crippen LogP contribution in [0.1, 0.15) is 29.2 Å². The van der Waals surface area contributed by atoms with Gasteiger partial charge in [-0.05, 0) is 47.2 Å². The predicted molar refractivity (Wildman–Crippen MR) is 126 cm³/mol. The van der Waals surface area contributed by atoms with Gasteiger partial charge < -0.3 is 10.2 Å². The normalized spacial score (nSPS) is 19.4. The minimum absolute atomic E-state index is 0.167. The van der Waals surface area contributed by atoms with E-state index in [-0.39, 0.29) is 23.4 Å². The predicted octanol–water partition coefficient (Wildman–Crippen LogP) is 4.92. The SMILES string of the molecule is O=C1N=C(N2N=C(c3ccccc3)CC2c2ccccc2O)S/C1=C\c1ccc(O)cc1. The number of para-hydroxylation sites is 1. The Hall–Kier alpha value is -3.84. The molecule has 0 radical (unpaired) electrons. The first kappa shape index (κ1) is 20.1. The van der Waals surface area contributed by atoms with Gasteiger partial charge in [0, 0.05) is 12.0 Å². The molecule has 0 saturated carbocycles. The zero-order valence-electron chi connectivity index (χ0n) is 16.9. The first-order valence-corrected chi connectivity index (χ1v) is 10.9. The number of nitrogens with zero attached hydrogens (tertiary/aromatic N) is 3. The highest BCUT2D eigenvalue weighted by Crippen LogP contribution is 2.41. The maximum Gasteiger partial charge on any atom is 0.286 e. The number of rotatable bonds is 3. The van der Waals surface area contributed by atoms with Crippen molar-refractivity contribution in [1.29, 1.82) is 0 Å². The Bertz CT molecular complexity index is 1270. The van der Waals surface area contributed by atoms with E-state index in [1.807, 2.05) is 42.5 Å². The molecule has 0 bridgehead atoms. The number of thioether (sulfide) groups is 1. The average Bonchev–Trinajstić information content (AvgIpc) is 3.40. The number of carbonyl (C=O) groups is 1. The number of amidine groups is 1. The molecule has 0 saturated heterocycles. The molecule has 2 aliphatic heterocycles. The van der Waals surface area contributed by atoms with Crippen LogP contribution >= 0.6 is 11.8 Å². The van der Waals surface area contributed by atoms with Crippen LogP contribution in [0, 0.1) is 0 Å². The summed E-state index contributed by atoms with van der Waals surface area (Å²) in [5.41, 5.74) is 3.38. The topological polar surface area (TPSA) is 85.5 Å². The van der Waals surface area contributed by atoms with Gasteiger partial charge in [0.1, 0.15) is 11.5 Å². The molecule has 32 heavy (non-hydrogen) atoms. The highest BCUT2D eigenvalue weighted by Gasteiger charge is 2.37. The van der Waals surface area contributed by atoms with E-state index in [0.29, 0.717) is 16.5 Å². The molecule has 6 nitrogen and oxygen atoms in total. The Kier molecular flexibility index (Phi) is 5.25. The van der Waals surface area contributed by atoms with Gasteiger partial charge in [0.2, 0.25) is 0 Å². The summed E-state index contributed by atoms with van der Waals surface area (Å²) in [5, 5.41) is 27.0. The van der Waals surface area contributed by atoms with E-state index >= 15 is 0 Å². The van der Waals surface area contributed by atoms with Gasteiger partial charge in [-0.25, -0.2) is 5.01 Å². The molecular formula is C25H19N3O3S.